The zero-order chi connectivity index (χ0) is 16.3. The molecule has 9 nitrogen and oxygen atoms in total. The molecule has 1 amide bonds. The predicted molar refractivity (Wildman–Crippen MR) is 73.4 cm³/mol. The molecule has 0 aromatic rings. The SMILES string of the molecule is COC(=O)CC(C[N+](C)(C)C)NS(=O)(=O)N1CCOC1=O.[Cl-]. The first-order chi connectivity index (χ1) is 9.55. The normalized spacial score (nSPS) is 16.7. The Morgan fingerprint density at radius 1 is 1.45 bits per heavy atom. The van der Waals surface area contributed by atoms with Crippen LogP contribution in [-0.4, -0.2) is 83.3 Å². The van der Waals surface area contributed by atoms with Crippen LogP contribution in [0.5, 0.6) is 0 Å². The third kappa shape index (κ3) is 6.34. The Kier molecular flexibility index (Phi) is 7.55. The maximum atomic E-state index is 12.2. The van der Waals surface area contributed by atoms with E-state index in [1.54, 1.807) is 0 Å². The second-order valence-electron chi connectivity index (χ2n) is 5.76. The molecule has 1 aliphatic rings. The van der Waals surface area contributed by atoms with E-state index in [0.717, 1.165) is 0 Å². The average molecular weight is 360 g/mol. The van der Waals surface area contributed by atoms with E-state index < -0.39 is 28.3 Å². The molecular formula is C11H22ClN3O6S. The van der Waals surface area contributed by atoms with Crippen molar-refractivity contribution in [1.82, 2.24) is 9.03 Å². The van der Waals surface area contributed by atoms with E-state index in [1.165, 1.54) is 7.11 Å². The van der Waals surface area contributed by atoms with Crippen molar-refractivity contribution < 1.29 is 44.4 Å². The van der Waals surface area contributed by atoms with Gasteiger partial charge in [-0.25, -0.2) is 4.79 Å². The highest BCUT2D eigenvalue weighted by Gasteiger charge is 2.36. The molecule has 11 heteroatoms. The number of carbonyl (C=O) groups excluding carboxylic acids is 2. The van der Waals surface area contributed by atoms with Gasteiger partial charge in [-0.05, 0) is 0 Å². The molecule has 1 fully saturated rings. The average Bonchev–Trinajstić information content (AvgIpc) is 2.73. The zero-order valence-corrected chi connectivity index (χ0v) is 14.6. The smallest absolute Gasteiger partial charge is 0.424 e. The van der Waals surface area contributed by atoms with Crippen molar-refractivity contribution >= 4 is 22.3 Å². The van der Waals surface area contributed by atoms with Crippen molar-refractivity contribution in [3.8, 4) is 0 Å². The molecule has 0 radical (unpaired) electrons. The van der Waals surface area contributed by atoms with Crippen LogP contribution in [0.4, 0.5) is 4.79 Å². The number of cyclic esters (lactones) is 1. The maximum absolute atomic E-state index is 12.2. The number of nitrogens with zero attached hydrogens (tertiary/aromatic N) is 2. The number of nitrogens with one attached hydrogen (secondary N) is 1. The van der Waals surface area contributed by atoms with Crippen molar-refractivity contribution in [3.05, 3.63) is 0 Å². The van der Waals surface area contributed by atoms with Crippen molar-refractivity contribution in [2.75, 3.05) is 47.9 Å². The highest BCUT2D eigenvalue weighted by Crippen LogP contribution is 2.11. The summed E-state index contributed by atoms with van der Waals surface area (Å²) < 4.78 is 36.9. The number of esters is 1. The summed E-state index contributed by atoms with van der Waals surface area (Å²) in [4.78, 5) is 22.8. The molecule has 0 aliphatic carbocycles. The monoisotopic (exact) mass is 359 g/mol. The molecule has 22 heavy (non-hydrogen) atoms. The Bertz CT molecular complexity index is 504. The van der Waals surface area contributed by atoms with Crippen molar-refractivity contribution in [2.24, 2.45) is 0 Å². The van der Waals surface area contributed by atoms with Crippen molar-refractivity contribution in [1.29, 1.82) is 0 Å². The topological polar surface area (TPSA) is 102 Å². The molecule has 0 bridgehead atoms. The molecule has 0 aromatic carbocycles. The molecule has 0 spiro atoms. The third-order valence-corrected chi connectivity index (χ3v) is 4.28. The van der Waals surface area contributed by atoms with Crippen molar-refractivity contribution in [2.45, 2.75) is 12.5 Å². The van der Waals surface area contributed by atoms with Gasteiger partial charge < -0.3 is 26.4 Å². The lowest BCUT2D eigenvalue weighted by molar-refractivity contribution is -0.871. The van der Waals surface area contributed by atoms with Gasteiger partial charge in [-0.3, -0.25) is 4.79 Å². The van der Waals surface area contributed by atoms with Crippen LogP contribution >= 0.6 is 0 Å². The van der Waals surface area contributed by atoms with Crippen LogP contribution in [0.15, 0.2) is 0 Å². The lowest BCUT2D eigenvalue weighted by atomic mass is 10.2. The van der Waals surface area contributed by atoms with Crippen LogP contribution in [0.1, 0.15) is 6.42 Å². The van der Waals surface area contributed by atoms with E-state index in [0.29, 0.717) is 15.3 Å². The Hall–Kier alpha value is -1.10. The summed E-state index contributed by atoms with van der Waals surface area (Å²) in [7, 11) is 2.78. The number of amides is 1. The number of methoxy groups -OCH3 is 1. The van der Waals surface area contributed by atoms with Crippen LogP contribution in [-0.2, 0) is 24.5 Å². The van der Waals surface area contributed by atoms with Gasteiger partial charge in [0.2, 0.25) is 0 Å². The maximum Gasteiger partial charge on any atom is 0.424 e. The highest BCUT2D eigenvalue weighted by atomic mass is 35.5. The van der Waals surface area contributed by atoms with Gasteiger partial charge in [0.05, 0.1) is 53.8 Å². The number of rotatable bonds is 7. The minimum absolute atomic E-state index is 0. The van der Waals surface area contributed by atoms with E-state index in [-0.39, 0.29) is 32.0 Å². The Labute approximate surface area is 136 Å². The Morgan fingerprint density at radius 2 is 2.05 bits per heavy atom. The largest absolute Gasteiger partial charge is 1.00 e. The summed E-state index contributed by atoms with van der Waals surface area (Å²) in [5, 5.41) is 0. The number of hydrogen-bond donors (Lipinski definition) is 1. The van der Waals surface area contributed by atoms with E-state index in [4.69, 9.17) is 0 Å². The van der Waals surface area contributed by atoms with Gasteiger partial charge in [-0.1, -0.05) is 0 Å². The molecule has 1 unspecified atom stereocenters. The van der Waals surface area contributed by atoms with Gasteiger partial charge in [0.1, 0.15) is 6.61 Å². The van der Waals surface area contributed by atoms with Gasteiger partial charge >= 0.3 is 22.3 Å². The molecule has 0 saturated carbocycles. The molecule has 0 aromatic heterocycles. The summed E-state index contributed by atoms with van der Waals surface area (Å²) >= 11 is 0. The minimum Gasteiger partial charge on any atom is -1.00 e. The summed E-state index contributed by atoms with van der Waals surface area (Å²) in [5.41, 5.74) is 0. The summed E-state index contributed by atoms with van der Waals surface area (Å²) in [6, 6.07) is -0.684. The van der Waals surface area contributed by atoms with Crippen LogP contribution in [0.25, 0.3) is 0 Å². The number of ether oxygens (including phenoxy) is 2. The van der Waals surface area contributed by atoms with E-state index in [1.807, 2.05) is 21.1 Å². The molecule has 1 aliphatic heterocycles. The molecule has 1 rings (SSSR count). The second kappa shape index (κ2) is 7.95. The first-order valence-electron chi connectivity index (χ1n) is 6.39. The lowest BCUT2D eigenvalue weighted by Crippen LogP contribution is -3.00. The number of carbonyl (C=O) groups is 2. The zero-order valence-electron chi connectivity index (χ0n) is 13.0. The fraction of sp³-hybridized carbons (Fsp3) is 0.818. The number of quaternary nitrogens is 1. The van der Waals surface area contributed by atoms with Crippen LogP contribution < -0.4 is 17.1 Å². The predicted octanol–water partition coefficient (Wildman–Crippen LogP) is -4.09. The first-order valence-corrected chi connectivity index (χ1v) is 7.83. The van der Waals surface area contributed by atoms with Gasteiger partial charge in [-0.2, -0.15) is 17.4 Å². The summed E-state index contributed by atoms with van der Waals surface area (Å²) in [5.74, 6) is -0.528. The van der Waals surface area contributed by atoms with Crippen LogP contribution in [0.2, 0.25) is 0 Å². The number of hydrogen-bond acceptors (Lipinski definition) is 6. The molecule has 1 N–H and O–H groups in total. The van der Waals surface area contributed by atoms with Gasteiger partial charge in [0, 0.05) is 0 Å². The summed E-state index contributed by atoms with van der Waals surface area (Å²) in [6.45, 7) is 0.345. The quantitative estimate of drug-likeness (QED) is 0.366. The van der Waals surface area contributed by atoms with Gasteiger partial charge in [0.15, 0.2) is 0 Å². The Balaban J connectivity index is 0.00000441. The third-order valence-electron chi connectivity index (χ3n) is 2.74. The lowest BCUT2D eigenvalue weighted by Gasteiger charge is -2.29. The molecule has 1 saturated heterocycles. The van der Waals surface area contributed by atoms with E-state index in [2.05, 4.69) is 14.2 Å². The van der Waals surface area contributed by atoms with Crippen molar-refractivity contribution in [3.63, 3.8) is 0 Å². The molecule has 130 valence electrons. The van der Waals surface area contributed by atoms with Gasteiger partial charge in [-0.15, -0.1) is 0 Å². The first kappa shape index (κ1) is 20.9. The minimum atomic E-state index is -4.04. The molecular weight excluding hydrogens is 338 g/mol. The fourth-order valence-electron chi connectivity index (χ4n) is 1.96. The fourth-order valence-corrected chi connectivity index (χ4v) is 3.23. The molecule has 1 atom stereocenters. The summed E-state index contributed by atoms with van der Waals surface area (Å²) in [6.07, 6.45) is -1.03. The highest BCUT2D eigenvalue weighted by molar-refractivity contribution is 7.87. The van der Waals surface area contributed by atoms with E-state index in [9.17, 15) is 18.0 Å². The van der Waals surface area contributed by atoms with E-state index >= 15 is 0 Å². The number of halogens is 1. The standard InChI is InChI=1S/C11H22N3O6S.ClH/c1-14(2,3)8-9(7-10(15)19-4)12-21(17,18)13-5-6-20-11(13)16;/h9,12H,5-8H2,1-4H3;1H/q+1;/p-1. The second-order valence-corrected chi connectivity index (χ2v) is 7.39. The molecule has 1 heterocycles. The van der Waals surface area contributed by atoms with Crippen LogP contribution in [0.3, 0.4) is 0 Å². The van der Waals surface area contributed by atoms with Crippen LogP contribution in [0, 0.1) is 0 Å². The Morgan fingerprint density at radius 3 is 2.45 bits per heavy atom. The van der Waals surface area contributed by atoms with Gasteiger partial charge in [0.25, 0.3) is 0 Å². The number of likely N-dealkylation sites (N-methyl/N-ethyl adjacent to an activating group) is 1.